The fourth-order valence-electron chi connectivity index (χ4n) is 3.67. The largest absolute Gasteiger partial charge is 0.314 e. The summed E-state index contributed by atoms with van der Waals surface area (Å²) in [6.45, 7) is 6.20. The Morgan fingerprint density at radius 1 is 0.941 bits per heavy atom. The molecule has 0 unspecified atom stereocenters. The normalized spacial score (nSPS) is 29.8. The first-order valence-corrected chi connectivity index (χ1v) is 7.87. The van der Waals surface area contributed by atoms with Gasteiger partial charge in [-0.3, -0.25) is 0 Å². The van der Waals surface area contributed by atoms with Gasteiger partial charge in [0, 0.05) is 6.04 Å². The lowest BCUT2D eigenvalue weighted by Gasteiger charge is -2.35. The maximum atomic E-state index is 3.90. The summed E-state index contributed by atoms with van der Waals surface area (Å²) < 4.78 is 0. The molecule has 3 aliphatic rings. The van der Waals surface area contributed by atoms with E-state index in [1.165, 1.54) is 57.9 Å². The minimum absolute atomic E-state index is 0.616. The zero-order valence-corrected chi connectivity index (χ0v) is 11.7. The van der Waals surface area contributed by atoms with Crippen molar-refractivity contribution in [3.05, 3.63) is 0 Å². The molecule has 3 saturated carbocycles. The van der Waals surface area contributed by atoms with Gasteiger partial charge in [0.25, 0.3) is 0 Å². The van der Waals surface area contributed by atoms with Crippen LogP contribution in [0.1, 0.15) is 65.2 Å². The molecular formula is C16H29N. The molecule has 3 fully saturated rings. The highest BCUT2D eigenvalue weighted by molar-refractivity contribution is 4.93. The van der Waals surface area contributed by atoms with E-state index in [1.54, 1.807) is 0 Å². The molecule has 3 aliphatic carbocycles. The molecule has 0 aliphatic heterocycles. The number of nitrogens with one attached hydrogen (secondary N) is 1. The van der Waals surface area contributed by atoms with E-state index in [0.29, 0.717) is 5.41 Å². The summed E-state index contributed by atoms with van der Waals surface area (Å²) in [5.74, 6) is 3.26. The van der Waals surface area contributed by atoms with Crippen LogP contribution >= 0.6 is 0 Å². The van der Waals surface area contributed by atoms with Gasteiger partial charge in [-0.1, -0.05) is 13.8 Å². The average Bonchev–Trinajstić information content (AvgIpc) is 3.14. The van der Waals surface area contributed by atoms with Gasteiger partial charge in [0.2, 0.25) is 0 Å². The number of rotatable bonds is 5. The van der Waals surface area contributed by atoms with Crippen LogP contribution in [-0.4, -0.2) is 12.6 Å². The van der Waals surface area contributed by atoms with Crippen LogP contribution in [0.25, 0.3) is 0 Å². The van der Waals surface area contributed by atoms with E-state index < -0.39 is 0 Å². The molecule has 0 radical (unpaired) electrons. The first-order valence-electron chi connectivity index (χ1n) is 7.87. The first-order chi connectivity index (χ1) is 8.14. The zero-order valence-electron chi connectivity index (χ0n) is 11.7. The molecule has 0 aromatic heterocycles. The molecule has 0 amide bonds. The molecule has 0 heterocycles. The number of hydrogen-bond acceptors (Lipinski definition) is 1. The van der Waals surface area contributed by atoms with Crippen LogP contribution in [0.2, 0.25) is 0 Å². The second kappa shape index (κ2) is 4.57. The molecule has 98 valence electrons. The van der Waals surface area contributed by atoms with E-state index in [9.17, 15) is 0 Å². The van der Waals surface area contributed by atoms with Gasteiger partial charge in [0.1, 0.15) is 0 Å². The maximum absolute atomic E-state index is 3.90. The van der Waals surface area contributed by atoms with E-state index in [2.05, 4.69) is 19.2 Å². The minimum atomic E-state index is 0.616. The van der Waals surface area contributed by atoms with Gasteiger partial charge < -0.3 is 5.32 Å². The van der Waals surface area contributed by atoms with Gasteiger partial charge in [-0.25, -0.2) is 0 Å². The molecule has 0 atom stereocenters. The Morgan fingerprint density at radius 2 is 1.47 bits per heavy atom. The predicted octanol–water partition coefficient (Wildman–Crippen LogP) is 3.98. The molecule has 1 heteroatoms. The van der Waals surface area contributed by atoms with Crippen LogP contribution in [0.4, 0.5) is 0 Å². The Bertz CT molecular complexity index is 241. The lowest BCUT2D eigenvalue weighted by Crippen LogP contribution is -2.38. The minimum Gasteiger partial charge on any atom is -0.314 e. The first kappa shape index (κ1) is 12.0. The molecular weight excluding hydrogens is 206 g/mol. The SMILES string of the molecule is CC1(C)CCC(NCC(C2CC2)C2CC2)CC1. The van der Waals surface area contributed by atoms with Crippen molar-refractivity contribution in [2.75, 3.05) is 6.54 Å². The Balaban J connectivity index is 1.41. The summed E-state index contributed by atoms with van der Waals surface area (Å²) in [7, 11) is 0. The fourth-order valence-corrected chi connectivity index (χ4v) is 3.67. The second-order valence-electron chi connectivity index (χ2n) is 7.69. The standard InChI is InChI=1S/C16H29N/c1-16(2)9-7-14(8-10-16)17-11-15(12-3-4-12)13-5-6-13/h12-15,17H,3-11H2,1-2H3. The van der Waals surface area contributed by atoms with Crippen LogP contribution in [0.5, 0.6) is 0 Å². The number of hydrogen-bond donors (Lipinski definition) is 1. The Hall–Kier alpha value is -0.0400. The molecule has 0 spiro atoms. The third kappa shape index (κ3) is 3.24. The molecule has 1 N–H and O–H groups in total. The lowest BCUT2D eigenvalue weighted by molar-refractivity contribution is 0.199. The average molecular weight is 235 g/mol. The van der Waals surface area contributed by atoms with Crippen LogP contribution < -0.4 is 5.32 Å². The summed E-state index contributed by atoms with van der Waals surface area (Å²) in [6, 6.07) is 0.836. The quantitative estimate of drug-likeness (QED) is 0.760. The van der Waals surface area contributed by atoms with Gasteiger partial charge in [0.15, 0.2) is 0 Å². The zero-order chi connectivity index (χ0) is 11.9. The van der Waals surface area contributed by atoms with Gasteiger partial charge >= 0.3 is 0 Å². The van der Waals surface area contributed by atoms with Crippen molar-refractivity contribution in [2.45, 2.75) is 71.3 Å². The van der Waals surface area contributed by atoms with Crippen molar-refractivity contribution in [2.24, 2.45) is 23.2 Å². The fraction of sp³-hybridized carbons (Fsp3) is 1.00. The smallest absolute Gasteiger partial charge is 0.00675 e. The van der Waals surface area contributed by atoms with E-state index >= 15 is 0 Å². The molecule has 0 aromatic carbocycles. The maximum Gasteiger partial charge on any atom is 0.00675 e. The molecule has 0 bridgehead atoms. The van der Waals surface area contributed by atoms with Crippen molar-refractivity contribution in [1.82, 2.24) is 5.32 Å². The van der Waals surface area contributed by atoms with Crippen molar-refractivity contribution in [3.8, 4) is 0 Å². The van der Waals surface area contributed by atoms with Crippen molar-refractivity contribution in [1.29, 1.82) is 0 Å². The lowest BCUT2D eigenvalue weighted by atomic mass is 9.75. The van der Waals surface area contributed by atoms with Crippen LogP contribution in [0, 0.1) is 23.2 Å². The van der Waals surface area contributed by atoms with E-state index in [-0.39, 0.29) is 0 Å². The third-order valence-electron chi connectivity index (χ3n) is 5.44. The molecule has 0 saturated heterocycles. The van der Waals surface area contributed by atoms with Crippen molar-refractivity contribution < 1.29 is 0 Å². The van der Waals surface area contributed by atoms with Crippen LogP contribution in [-0.2, 0) is 0 Å². The van der Waals surface area contributed by atoms with E-state index in [1.807, 2.05) is 0 Å². The topological polar surface area (TPSA) is 12.0 Å². The van der Waals surface area contributed by atoms with Crippen LogP contribution in [0.3, 0.4) is 0 Å². The van der Waals surface area contributed by atoms with Crippen LogP contribution in [0.15, 0.2) is 0 Å². The third-order valence-corrected chi connectivity index (χ3v) is 5.44. The van der Waals surface area contributed by atoms with Crippen molar-refractivity contribution in [3.63, 3.8) is 0 Å². The Labute approximate surface area is 107 Å². The summed E-state index contributed by atoms with van der Waals surface area (Å²) in [4.78, 5) is 0. The van der Waals surface area contributed by atoms with Crippen molar-refractivity contribution >= 4 is 0 Å². The Kier molecular flexibility index (Phi) is 3.23. The molecule has 17 heavy (non-hydrogen) atoms. The summed E-state index contributed by atoms with van der Waals surface area (Å²) in [6.07, 6.45) is 11.8. The van der Waals surface area contributed by atoms with Gasteiger partial charge in [0.05, 0.1) is 0 Å². The van der Waals surface area contributed by atoms with E-state index in [4.69, 9.17) is 0 Å². The highest BCUT2D eigenvalue weighted by atomic mass is 14.9. The van der Waals surface area contributed by atoms with Gasteiger partial charge in [-0.05, 0) is 81.1 Å². The summed E-state index contributed by atoms with van der Waals surface area (Å²) in [5, 5.41) is 3.90. The highest BCUT2D eigenvalue weighted by Gasteiger charge is 2.41. The second-order valence-corrected chi connectivity index (χ2v) is 7.69. The summed E-state index contributed by atoms with van der Waals surface area (Å²) >= 11 is 0. The predicted molar refractivity (Wildman–Crippen MR) is 73.0 cm³/mol. The van der Waals surface area contributed by atoms with Gasteiger partial charge in [-0.15, -0.1) is 0 Å². The Morgan fingerprint density at radius 3 is 1.94 bits per heavy atom. The highest BCUT2D eigenvalue weighted by Crippen LogP contribution is 2.49. The summed E-state index contributed by atoms with van der Waals surface area (Å²) in [5.41, 5.74) is 0.616. The molecule has 0 aromatic rings. The monoisotopic (exact) mass is 235 g/mol. The molecule has 1 nitrogen and oxygen atoms in total. The van der Waals surface area contributed by atoms with Gasteiger partial charge in [-0.2, -0.15) is 0 Å². The molecule has 3 rings (SSSR count). The van der Waals surface area contributed by atoms with E-state index in [0.717, 1.165) is 23.8 Å².